The maximum absolute atomic E-state index is 11.7. The van der Waals surface area contributed by atoms with E-state index in [1.165, 1.54) is 11.8 Å². The van der Waals surface area contributed by atoms with E-state index < -0.39 is 0 Å². The van der Waals surface area contributed by atoms with E-state index >= 15 is 0 Å². The van der Waals surface area contributed by atoms with Crippen molar-refractivity contribution in [2.45, 2.75) is 13.3 Å². The van der Waals surface area contributed by atoms with Gasteiger partial charge in [0.2, 0.25) is 5.91 Å². The van der Waals surface area contributed by atoms with Crippen LogP contribution in [0.1, 0.15) is 12.5 Å². The van der Waals surface area contributed by atoms with Crippen molar-refractivity contribution < 1.29 is 14.3 Å². The van der Waals surface area contributed by atoms with Crippen LogP contribution in [0.2, 0.25) is 0 Å². The molecule has 5 nitrogen and oxygen atoms in total. The average Bonchev–Trinajstić information content (AvgIpc) is 2.52. The summed E-state index contributed by atoms with van der Waals surface area (Å²) in [6, 6.07) is 11.8. The fourth-order valence-electron chi connectivity index (χ4n) is 2.33. The first kappa shape index (κ1) is 16.8. The molecule has 0 atom stereocenters. The fourth-order valence-corrected chi connectivity index (χ4v) is 2.33. The van der Waals surface area contributed by atoms with Crippen LogP contribution in [0.4, 0.5) is 0 Å². The SMILES string of the molecule is CC(=O)NCCc1cccc2c(OCC(=O)N(C)C)cccc12. The molecule has 0 unspecified atom stereocenters. The molecule has 5 heteroatoms. The molecule has 2 amide bonds. The Kier molecular flexibility index (Phi) is 5.57. The number of fused-ring (bicyclic) bond motifs is 1. The molecule has 2 aromatic carbocycles. The van der Waals surface area contributed by atoms with Gasteiger partial charge in [0.25, 0.3) is 5.91 Å². The van der Waals surface area contributed by atoms with Gasteiger partial charge in [0, 0.05) is 33.0 Å². The van der Waals surface area contributed by atoms with Crippen LogP contribution in [-0.4, -0.2) is 44.0 Å². The molecule has 0 aliphatic carbocycles. The minimum Gasteiger partial charge on any atom is -0.483 e. The Bertz CT molecular complexity index is 710. The summed E-state index contributed by atoms with van der Waals surface area (Å²) in [6.45, 7) is 2.12. The summed E-state index contributed by atoms with van der Waals surface area (Å²) in [5, 5.41) is 4.85. The van der Waals surface area contributed by atoms with Crippen molar-refractivity contribution in [3.05, 3.63) is 42.0 Å². The van der Waals surface area contributed by atoms with Gasteiger partial charge in [-0.1, -0.05) is 30.3 Å². The lowest BCUT2D eigenvalue weighted by Crippen LogP contribution is -2.27. The number of hydrogen-bond acceptors (Lipinski definition) is 3. The number of hydrogen-bond donors (Lipinski definition) is 1. The largest absolute Gasteiger partial charge is 0.483 e. The molecule has 1 N–H and O–H groups in total. The van der Waals surface area contributed by atoms with Crippen molar-refractivity contribution in [2.24, 2.45) is 0 Å². The Morgan fingerprint density at radius 3 is 2.48 bits per heavy atom. The van der Waals surface area contributed by atoms with Gasteiger partial charge in [0.05, 0.1) is 0 Å². The highest BCUT2D eigenvalue weighted by Gasteiger charge is 2.09. The Balaban J connectivity index is 2.20. The monoisotopic (exact) mass is 314 g/mol. The molecule has 0 saturated carbocycles. The quantitative estimate of drug-likeness (QED) is 0.887. The second-order valence-corrected chi connectivity index (χ2v) is 5.58. The van der Waals surface area contributed by atoms with Gasteiger partial charge in [-0.15, -0.1) is 0 Å². The molecule has 0 aliphatic rings. The van der Waals surface area contributed by atoms with Crippen LogP contribution < -0.4 is 10.1 Å². The van der Waals surface area contributed by atoms with Crippen molar-refractivity contribution in [1.82, 2.24) is 10.2 Å². The third kappa shape index (κ3) is 4.45. The van der Waals surface area contributed by atoms with Gasteiger partial charge in [-0.2, -0.15) is 0 Å². The van der Waals surface area contributed by atoms with Crippen molar-refractivity contribution in [1.29, 1.82) is 0 Å². The normalized spacial score (nSPS) is 10.4. The molecular weight excluding hydrogens is 292 g/mol. The topological polar surface area (TPSA) is 58.6 Å². The van der Waals surface area contributed by atoms with Crippen LogP contribution in [0.5, 0.6) is 5.75 Å². The first-order valence-corrected chi connectivity index (χ1v) is 7.57. The smallest absolute Gasteiger partial charge is 0.259 e. The Labute approximate surface area is 136 Å². The molecule has 122 valence electrons. The predicted octanol–water partition coefficient (Wildman–Crippen LogP) is 1.99. The lowest BCUT2D eigenvalue weighted by molar-refractivity contribution is -0.130. The van der Waals surface area contributed by atoms with Gasteiger partial charge >= 0.3 is 0 Å². The maximum Gasteiger partial charge on any atom is 0.259 e. The lowest BCUT2D eigenvalue weighted by atomic mass is 10.0. The number of carbonyl (C=O) groups excluding carboxylic acids is 2. The minimum atomic E-state index is -0.0798. The number of nitrogens with one attached hydrogen (secondary N) is 1. The number of likely N-dealkylation sites (N-methyl/N-ethyl adjacent to an activating group) is 1. The lowest BCUT2D eigenvalue weighted by Gasteiger charge is -2.14. The third-order valence-corrected chi connectivity index (χ3v) is 3.59. The van der Waals surface area contributed by atoms with Gasteiger partial charge in [-0.3, -0.25) is 9.59 Å². The van der Waals surface area contributed by atoms with Crippen molar-refractivity contribution >= 4 is 22.6 Å². The number of nitrogens with zero attached hydrogens (tertiary/aromatic N) is 1. The third-order valence-electron chi connectivity index (χ3n) is 3.59. The Morgan fingerprint density at radius 2 is 1.78 bits per heavy atom. The average molecular weight is 314 g/mol. The van der Waals surface area contributed by atoms with Crippen LogP contribution in [0.15, 0.2) is 36.4 Å². The van der Waals surface area contributed by atoms with Gasteiger partial charge in [-0.25, -0.2) is 0 Å². The van der Waals surface area contributed by atoms with Crippen molar-refractivity contribution in [3.8, 4) is 5.75 Å². The highest BCUT2D eigenvalue weighted by molar-refractivity contribution is 5.91. The molecule has 23 heavy (non-hydrogen) atoms. The molecular formula is C18H22N2O3. The molecule has 0 heterocycles. The Hall–Kier alpha value is -2.56. The van der Waals surface area contributed by atoms with Gasteiger partial charge in [-0.05, 0) is 23.4 Å². The summed E-state index contributed by atoms with van der Waals surface area (Å²) in [5.74, 6) is 0.583. The van der Waals surface area contributed by atoms with E-state index in [2.05, 4.69) is 5.32 Å². The minimum absolute atomic E-state index is 0.0161. The molecule has 0 spiro atoms. The van der Waals surface area contributed by atoms with Crippen molar-refractivity contribution in [3.63, 3.8) is 0 Å². The highest BCUT2D eigenvalue weighted by Crippen LogP contribution is 2.28. The van der Waals surface area contributed by atoms with E-state index in [4.69, 9.17) is 4.74 Å². The van der Waals surface area contributed by atoms with E-state index in [0.29, 0.717) is 12.3 Å². The maximum atomic E-state index is 11.7. The standard InChI is InChI=1S/C18H22N2O3/c1-13(21)19-11-10-14-6-4-8-16-15(14)7-5-9-17(16)23-12-18(22)20(2)3/h4-9H,10-12H2,1-3H3,(H,19,21). The van der Waals surface area contributed by atoms with Crippen LogP contribution in [0, 0.1) is 0 Å². The summed E-state index contributed by atoms with van der Waals surface area (Å²) in [6.07, 6.45) is 0.747. The van der Waals surface area contributed by atoms with E-state index in [-0.39, 0.29) is 18.4 Å². The number of amides is 2. The van der Waals surface area contributed by atoms with Crippen molar-refractivity contribution in [2.75, 3.05) is 27.2 Å². The molecule has 0 radical (unpaired) electrons. The molecule has 0 aromatic heterocycles. The second kappa shape index (κ2) is 7.63. The van der Waals surface area contributed by atoms with Gasteiger partial charge in [0.1, 0.15) is 5.75 Å². The molecule has 2 aromatic rings. The molecule has 2 rings (SSSR count). The van der Waals surface area contributed by atoms with E-state index in [1.807, 2.05) is 36.4 Å². The fraction of sp³-hybridized carbons (Fsp3) is 0.333. The zero-order chi connectivity index (χ0) is 16.8. The summed E-state index contributed by atoms with van der Waals surface area (Å²) < 4.78 is 5.68. The molecule has 0 fully saturated rings. The predicted molar refractivity (Wildman–Crippen MR) is 90.5 cm³/mol. The highest BCUT2D eigenvalue weighted by atomic mass is 16.5. The molecule has 0 bridgehead atoms. The Morgan fingerprint density at radius 1 is 1.09 bits per heavy atom. The summed E-state index contributed by atoms with van der Waals surface area (Å²) in [5.41, 5.74) is 1.14. The molecule has 0 aliphatic heterocycles. The van der Waals surface area contributed by atoms with Crippen LogP contribution >= 0.6 is 0 Å². The van der Waals surface area contributed by atoms with Crippen LogP contribution in [0.25, 0.3) is 10.8 Å². The molecule has 0 saturated heterocycles. The number of benzene rings is 2. The van der Waals surface area contributed by atoms with E-state index in [0.717, 1.165) is 22.8 Å². The zero-order valence-electron chi connectivity index (χ0n) is 13.8. The number of ether oxygens (including phenoxy) is 1. The number of rotatable bonds is 6. The summed E-state index contributed by atoms with van der Waals surface area (Å²) in [7, 11) is 3.41. The summed E-state index contributed by atoms with van der Waals surface area (Å²) >= 11 is 0. The zero-order valence-corrected chi connectivity index (χ0v) is 13.8. The van der Waals surface area contributed by atoms with Crippen LogP contribution in [-0.2, 0) is 16.0 Å². The second-order valence-electron chi connectivity index (χ2n) is 5.58. The van der Waals surface area contributed by atoms with E-state index in [9.17, 15) is 9.59 Å². The first-order valence-electron chi connectivity index (χ1n) is 7.57. The van der Waals surface area contributed by atoms with Gasteiger partial charge in [0.15, 0.2) is 6.61 Å². The number of carbonyl (C=O) groups is 2. The van der Waals surface area contributed by atoms with E-state index in [1.54, 1.807) is 14.1 Å². The first-order chi connectivity index (χ1) is 11.0. The summed E-state index contributed by atoms with van der Waals surface area (Å²) in [4.78, 5) is 24.2. The van der Waals surface area contributed by atoms with Crippen LogP contribution in [0.3, 0.4) is 0 Å². The van der Waals surface area contributed by atoms with Gasteiger partial charge < -0.3 is 15.0 Å².